The van der Waals surface area contributed by atoms with Crippen LogP contribution in [0.2, 0.25) is 0 Å². The van der Waals surface area contributed by atoms with E-state index in [4.69, 9.17) is 4.84 Å². The van der Waals surface area contributed by atoms with E-state index in [1.807, 2.05) is 54.6 Å². The molecule has 6 heteroatoms. The number of amides is 2. The highest BCUT2D eigenvalue weighted by atomic mass is 16.7. The van der Waals surface area contributed by atoms with Crippen LogP contribution in [-0.4, -0.2) is 27.7 Å². The number of rotatable bonds is 3. The third-order valence-corrected chi connectivity index (χ3v) is 4.91. The SMILES string of the molecule is O=C(O)N[C@@]1(C(=O)N2Cc3ccccc3CO2)C[C@@H]1c1ccccc1. The summed E-state index contributed by atoms with van der Waals surface area (Å²) in [5.74, 6) is -0.517. The molecule has 0 radical (unpaired) electrons. The van der Waals surface area contributed by atoms with Gasteiger partial charge in [0.25, 0.3) is 5.91 Å². The first kappa shape index (κ1) is 15.7. The van der Waals surface area contributed by atoms with Crippen LogP contribution in [0.4, 0.5) is 4.79 Å². The largest absolute Gasteiger partial charge is 0.465 e. The molecule has 6 nitrogen and oxygen atoms in total. The molecule has 1 fully saturated rings. The topological polar surface area (TPSA) is 78.9 Å². The molecule has 0 unspecified atom stereocenters. The van der Waals surface area contributed by atoms with Crippen molar-refractivity contribution in [3.05, 3.63) is 71.3 Å². The van der Waals surface area contributed by atoms with E-state index in [-0.39, 0.29) is 11.8 Å². The van der Waals surface area contributed by atoms with Crippen molar-refractivity contribution in [3.8, 4) is 0 Å². The molecule has 2 aliphatic rings. The van der Waals surface area contributed by atoms with Crippen molar-refractivity contribution < 1.29 is 19.5 Å². The van der Waals surface area contributed by atoms with Gasteiger partial charge in [-0.05, 0) is 23.1 Å². The van der Waals surface area contributed by atoms with Crippen molar-refractivity contribution in [2.24, 2.45) is 0 Å². The van der Waals surface area contributed by atoms with Gasteiger partial charge < -0.3 is 10.4 Å². The standard InChI is InChI=1S/C19H18N2O4/c22-17(21-11-14-8-4-5-9-15(14)12-25-21)19(20-18(23)24)10-16(19)13-6-2-1-3-7-13/h1-9,16,20H,10-12H2,(H,23,24)/t16-,19+/m1/s1. The molecule has 0 saturated heterocycles. The summed E-state index contributed by atoms with van der Waals surface area (Å²) >= 11 is 0. The van der Waals surface area contributed by atoms with Crippen LogP contribution in [0.15, 0.2) is 54.6 Å². The molecular formula is C19H18N2O4. The van der Waals surface area contributed by atoms with Crippen molar-refractivity contribution in [2.75, 3.05) is 0 Å². The van der Waals surface area contributed by atoms with E-state index in [0.29, 0.717) is 19.6 Å². The smallest absolute Gasteiger partial charge is 0.405 e. The summed E-state index contributed by atoms with van der Waals surface area (Å²) in [5.41, 5.74) is 1.85. The molecule has 2 amide bonds. The van der Waals surface area contributed by atoms with Gasteiger partial charge in [0.05, 0.1) is 6.54 Å². The summed E-state index contributed by atoms with van der Waals surface area (Å²) in [4.78, 5) is 30.0. The second-order valence-electron chi connectivity index (χ2n) is 6.45. The average molecular weight is 338 g/mol. The Morgan fingerprint density at radius 2 is 1.76 bits per heavy atom. The van der Waals surface area contributed by atoms with Gasteiger partial charge in [0.15, 0.2) is 0 Å². The first-order chi connectivity index (χ1) is 12.1. The first-order valence-electron chi connectivity index (χ1n) is 8.18. The number of hydrogen-bond acceptors (Lipinski definition) is 3. The lowest BCUT2D eigenvalue weighted by Gasteiger charge is -2.31. The van der Waals surface area contributed by atoms with Crippen LogP contribution in [0.5, 0.6) is 0 Å². The van der Waals surface area contributed by atoms with E-state index in [9.17, 15) is 14.7 Å². The number of carbonyl (C=O) groups excluding carboxylic acids is 1. The molecule has 2 aromatic rings. The maximum atomic E-state index is 13.1. The van der Waals surface area contributed by atoms with Gasteiger partial charge in [-0.2, -0.15) is 0 Å². The second kappa shape index (κ2) is 5.89. The van der Waals surface area contributed by atoms with E-state index >= 15 is 0 Å². The molecule has 1 aliphatic heterocycles. The van der Waals surface area contributed by atoms with Gasteiger partial charge in [-0.1, -0.05) is 54.6 Å². The van der Waals surface area contributed by atoms with E-state index in [1.54, 1.807) is 0 Å². The molecule has 2 aromatic carbocycles. The molecule has 1 saturated carbocycles. The summed E-state index contributed by atoms with van der Waals surface area (Å²) in [7, 11) is 0. The zero-order chi connectivity index (χ0) is 17.4. The van der Waals surface area contributed by atoms with Crippen LogP contribution in [0.3, 0.4) is 0 Å². The Balaban J connectivity index is 1.59. The van der Waals surface area contributed by atoms with Gasteiger partial charge in [0.1, 0.15) is 12.1 Å². The highest BCUT2D eigenvalue weighted by Crippen LogP contribution is 2.52. The normalized spacial score (nSPS) is 24.3. The van der Waals surface area contributed by atoms with E-state index in [2.05, 4.69) is 5.32 Å². The Kier molecular flexibility index (Phi) is 3.69. The van der Waals surface area contributed by atoms with Gasteiger partial charge in [0, 0.05) is 5.92 Å². The zero-order valence-corrected chi connectivity index (χ0v) is 13.5. The fourth-order valence-electron chi connectivity index (χ4n) is 3.52. The number of carbonyl (C=O) groups is 2. The van der Waals surface area contributed by atoms with Gasteiger partial charge in [0.2, 0.25) is 0 Å². The van der Waals surface area contributed by atoms with Crippen LogP contribution >= 0.6 is 0 Å². The fourth-order valence-corrected chi connectivity index (χ4v) is 3.52. The summed E-state index contributed by atoms with van der Waals surface area (Å²) in [6, 6.07) is 17.3. The molecule has 2 atom stereocenters. The number of carboxylic acid groups (broad SMARTS) is 1. The van der Waals surface area contributed by atoms with Crippen LogP contribution < -0.4 is 5.32 Å². The lowest BCUT2D eigenvalue weighted by atomic mass is 10.0. The van der Waals surface area contributed by atoms with Crippen molar-refractivity contribution in [1.82, 2.24) is 10.4 Å². The molecule has 0 bridgehead atoms. The Labute approximate surface area is 145 Å². The van der Waals surface area contributed by atoms with Gasteiger partial charge in [-0.15, -0.1) is 0 Å². The predicted octanol–water partition coefficient (Wildman–Crippen LogP) is 2.65. The minimum Gasteiger partial charge on any atom is -0.465 e. The second-order valence-corrected chi connectivity index (χ2v) is 6.45. The highest BCUT2D eigenvalue weighted by molar-refractivity contribution is 5.94. The Morgan fingerprint density at radius 3 is 2.48 bits per heavy atom. The van der Waals surface area contributed by atoms with Crippen molar-refractivity contribution in [1.29, 1.82) is 0 Å². The third kappa shape index (κ3) is 2.74. The highest BCUT2D eigenvalue weighted by Gasteiger charge is 2.63. The summed E-state index contributed by atoms with van der Waals surface area (Å²) in [6.07, 6.45) is -0.770. The molecule has 25 heavy (non-hydrogen) atoms. The molecule has 128 valence electrons. The Hall–Kier alpha value is -2.86. The van der Waals surface area contributed by atoms with Crippen LogP contribution in [-0.2, 0) is 22.8 Å². The molecular weight excluding hydrogens is 320 g/mol. The molecule has 0 aromatic heterocycles. The van der Waals surface area contributed by atoms with Crippen LogP contribution in [0.1, 0.15) is 29.0 Å². The van der Waals surface area contributed by atoms with Gasteiger partial charge in [-0.3, -0.25) is 9.63 Å². The van der Waals surface area contributed by atoms with Gasteiger partial charge >= 0.3 is 6.09 Å². The summed E-state index contributed by atoms with van der Waals surface area (Å²) in [5, 5.41) is 13.0. The fraction of sp³-hybridized carbons (Fsp3) is 0.263. The lowest BCUT2D eigenvalue weighted by Crippen LogP contribution is -2.51. The van der Waals surface area contributed by atoms with Crippen molar-refractivity contribution >= 4 is 12.0 Å². The minimum absolute atomic E-state index is 0.182. The monoisotopic (exact) mass is 338 g/mol. The predicted molar refractivity (Wildman–Crippen MR) is 89.5 cm³/mol. The number of hydroxylamine groups is 2. The summed E-state index contributed by atoms with van der Waals surface area (Å²) < 4.78 is 0. The molecule has 0 spiro atoms. The third-order valence-electron chi connectivity index (χ3n) is 4.91. The molecule has 2 N–H and O–H groups in total. The zero-order valence-electron chi connectivity index (χ0n) is 13.5. The average Bonchev–Trinajstić information content (AvgIpc) is 3.36. The Bertz CT molecular complexity index is 823. The van der Waals surface area contributed by atoms with Gasteiger partial charge in [-0.25, -0.2) is 9.86 Å². The van der Waals surface area contributed by atoms with Crippen LogP contribution in [0, 0.1) is 0 Å². The van der Waals surface area contributed by atoms with Crippen molar-refractivity contribution in [3.63, 3.8) is 0 Å². The number of benzene rings is 2. The van der Waals surface area contributed by atoms with E-state index < -0.39 is 11.6 Å². The number of fused-ring (bicyclic) bond motifs is 1. The van der Waals surface area contributed by atoms with E-state index in [0.717, 1.165) is 16.7 Å². The molecule has 1 heterocycles. The number of nitrogens with one attached hydrogen (secondary N) is 1. The molecule has 1 aliphatic carbocycles. The quantitative estimate of drug-likeness (QED) is 0.902. The van der Waals surface area contributed by atoms with Crippen LogP contribution in [0.25, 0.3) is 0 Å². The maximum Gasteiger partial charge on any atom is 0.405 e. The van der Waals surface area contributed by atoms with Crippen molar-refractivity contribution in [2.45, 2.75) is 31.0 Å². The number of nitrogens with zero attached hydrogens (tertiary/aromatic N) is 1. The first-order valence-corrected chi connectivity index (χ1v) is 8.18. The van der Waals surface area contributed by atoms with E-state index in [1.165, 1.54) is 5.06 Å². The molecule has 4 rings (SSSR count). The summed E-state index contributed by atoms with van der Waals surface area (Å²) in [6.45, 7) is 0.626. The minimum atomic E-state index is -1.20. The Morgan fingerprint density at radius 1 is 1.08 bits per heavy atom. The number of hydrogen-bond donors (Lipinski definition) is 2. The maximum absolute atomic E-state index is 13.1. The lowest BCUT2D eigenvalue weighted by molar-refractivity contribution is -0.204.